The number of nitrogens with one attached hydrogen (secondary N) is 1. The van der Waals surface area contributed by atoms with Gasteiger partial charge in [0.1, 0.15) is 5.82 Å². The SMILES string of the molecule is CC(C)C[C@@H](NC(=O)c1ccco1)c1nnc2n1CCN(Cc1ccc(Cl)cc1)CC2. The number of benzene rings is 1. The zero-order valence-electron chi connectivity index (χ0n) is 17.9. The van der Waals surface area contributed by atoms with Gasteiger partial charge in [0.05, 0.1) is 12.3 Å². The number of furan rings is 1. The minimum Gasteiger partial charge on any atom is -0.459 e. The van der Waals surface area contributed by atoms with Gasteiger partial charge in [-0.15, -0.1) is 10.2 Å². The fourth-order valence-electron chi connectivity index (χ4n) is 3.99. The molecule has 2 aromatic heterocycles. The molecule has 1 amide bonds. The van der Waals surface area contributed by atoms with Crippen LogP contribution in [0.15, 0.2) is 47.1 Å². The van der Waals surface area contributed by atoms with E-state index in [0.29, 0.717) is 11.7 Å². The molecule has 0 bridgehead atoms. The van der Waals surface area contributed by atoms with Crippen LogP contribution in [0, 0.1) is 5.92 Å². The first-order valence-electron chi connectivity index (χ1n) is 10.7. The molecule has 0 spiro atoms. The molecular weight excluding hydrogens is 414 g/mol. The van der Waals surface area contributed by atoms with Crippen LogP contribution in [-0.4, -0.2) is 38.7 Å². The third-order valence-electron chi connectivity index (χ3n) is 5.54. The lowest BCUT2D eigenvalue weighted by Crippen LogP contribution is -2.32. The van der Waals surface area contributed by atoms with Crippen LogP contribution in [0.25, 0.3) is 0 Å². The van der Waals surface area contributed by atoms with Gasteiger partial charge in [0.25, 0.3) is 5.91 Å². The van der Waals surface area contributed by atoms with Crippen LogP contribution in [0.4, 0.5) is 0 Å². The van der Waals surface area contributed by atoms with E-state index in [0.717, 1.165) is 55.7 Å². The lowest BCUT2D eigenvalue weighted by atomic mass is 10.0. The topological polar surface area (TPSA) is 76.2 Å². The number of nitrogens with zero attached hydrogens (tertiary/aromatic N) is 4. The molecule has 0 saturated heterocycles. The van der Waals surface area contributed by atoms with Gasteiger partial charge in [-0.1, -0.05) is 37.6 Å². The van der Waals surface area contributed by atoms with E-state index >= 15 is 0 Å². The average Bonchev–Trinajstić information content (AvgIpc) is 3.37. The lowest BCUT2D eigenvalue weighted by Gasteiger charge is -2.22. The first kappa shape index (κ1) is 21.6. The summed E-state index contributed by atoms with van der Waals surface area (Å²) < 4.78 is 7.44. The van der Waals surface area contributed by atoms with Crippen molar-refractivity contribution in [2.45, 2.75) is 45.8 Å². The number of carbonyl (C=O) groups is 1. The molecule has 0 radical (unpaired) electrons. The van der Waals surface area contributed by atoms with Crippen molar-refractivity contribution in [2.24, 2.45) is 5.92 Å². The van der Waals surface area contributed by atoms with E-state index in [2.05, 4.69) is 51.0 Å². The van der Waals surface area contributed by atoms with Crippen molar-refractivity contribution in [2.75, 3.05) is 13.1 Å². The maximum Gasteiger partial charge on any atom is 0.287 e. The summed E-state index contributed by atoms with van der Waals surface area (Å²) in [5, 5.41) is 12.8. The number of carbonyl (C=O) groups excluding carboxylic acids is 1. The van der Waals surface area contributed by atoms with Gasteiger partial charge < -0.3 is 14.3 Å². The van der Waals surface area contributed by atoms with E-state index < -0.39 is 0 Å². The van der Waals surface area contributed by atoms with Crippen LogP contribution in [0.3, 0.4) is 0 Å². The number of fused-ring (bicyclic) bond motifs is 1. The van der Waals surface area contributed by atoms with Crippen molar-refractivity contribution in [3.8, 4) is 0 Å². The molecule has 3 aromatic rings. The molecule has 164 valence electrons. The maximum absolute atomic E-state index is 12.6. The number of hydrogen-bond acceptors (Lipinski definition) is 5. The summed E-state index contributed by atoms with van der Waals surface area (Å²) in [5.41, 5.74) is 1.24. The number of rotatable bonds is 7. The Kier molecular flexibility index (Phi) is 6.73. The first-order valence-corrected chi connectivity index (χ1v) is 11.1. The predicted octanol–water partition coefficient (Wildman–Crippen LogP) is 4.10. The second-order valence-electron chi connectivity index (χ2n) is 8.41. The van der Waals surface area contributed by atoms with E-state index in [1.807, 2.05) is 12.1 Å². The second kappa shape index (κ2) is 9.66. The summed E-state index contributed by atoms with van der Waals surface area (Å²) in [6.07, 6.45) is 3.10. The number of halogens is 1. The average molecular weight is 442 g/mol. The van der Waals surface area contributed by atoms with Crippen molar-refractivity contribution in [3.63, 3.8) is 0 Å². The fourth-order valence-corrected chi connectivity index (χ4v) is 4.12. The molecule has 4 rings (SSSR count). The summed E-state index contributed by atoms with van der Waals surface area (Å²) in [4.78, 5) is 15.0. The molecule has 1 aromatic carbocycles. The molecule has 7 nitrogen and oxygen atoms in total. The van der Waals surface area contributed by atoms with E-state index in [1.54, 1.807) is 12.1 Å². The molecule has 0 fully saturated rings. The molecule has 1 aliphatic heterocycles. The standard InChI is InChI=1S/C23H28ClN5O2/c1-16(2)14-19(25-23(30)20-4-3-13-31-20)22-27-26-21-9-10-28(11-12-29(21)22)15-17-5-7-18(24)8-6-17/h3-8,13,16,19H,9-12,14-15H2,1-2H3,(H,25,30)/t19-/m1/s1. The quantitative estimate of drug-likeness (QED) is 0.597. The molecule has 3 heterocycles. The van der Waals surface area contributed by atoms with Gasteiger partial charge in [-0.3, -0.25) is 9.69 Å². The Balaban J connectivity index is 1.48. The Labute approximate surface area is 187 Å². The first-order chi connectivity index (χ1) is 15.0. The molecular formula is C23H28ClN5O2. The smallest absolute Gasteiger partial charge is 0.287 e. The Bertz CT molecular complexity index is 998. The summed E-state index contributed by atoms with van der Waals surface area (Å²) >= 11 is 6.01. The van der Waals surface area contributed by atoms with Gasteiger partial charge in [0.2, 0.25) is 0 Å². The van der Waals surface area contributed by atoms with Crippen LogP contribution in [-0.2, 0) is 19.5 Å². The predicted molar refractivity (Wildman–Crippen MR) is 119 cm³/mol. The normalized spacial score (nSPS) is 15.5. The van der Waals surface area contributed by atoms with Crippen LogP contribution in [0.2, 0.25) is 5.02 Å². The van der Waals surface area contributed by atoms with Crippen LogP contribution >= 0.6 is 11.6 Å². The van der Waals surface area contributed by atoms with E-state index in [1.165, 1.54) is 11.8 Å². The third-order valence-corrected chi connectivity index (χ3v) is 5.79. The molecule has 8 heteroatoms. The third kappa shape index (κ3) is 5.35. The van der Waals surface area contributed by atoms with Gasteiger partial charge >= 0.3 is 0 Å². The van der Waals surface area contributed by atoms with Crippen LogP contribution in [0.1, 0.15) is 54.1 Å². The number of hydrogen-bond donors (Lipinski definition) is 1. The van der Waals surface area contributed by atoms with E-state index in [-0.39, 0.29) is 11.9 Å². The molecule has 0 aliphatic carbocycles. The van der Waals surface area contributed by atoms with Crippen molar-refractivity contribution in [1.29, 1.82) is 0 Å². The molecule has 1 aliphatic rings. The highest BCUT2D eigenvalue weighted by molar-refractivity contribution is 6.30. The molecule has 31 heavy (non-hydrogen) atoms. The molecule has 1 N–H and O–H groups in total. The summed E-state index contributed by atoms with van der Waals surface area (Å²) in [5.74, 6) is 2.25. The van der Waals surface area contributed by atoms with Gasteiger partial charge in [0, 0.05) is 37.6 Å². The Morgan fingerprint density at radius 3 is 2.68 bits per heavy atom. The Morgan fingerprint density at radius 2 is 1.97 bits per heavy atom. The van der Waals surface area contributed by atoms with E-state index in [4.69, 9.17) is 16.0 Å². The largest absolute Gasteiger partial charge is 0.459 e. The second-order valence-corrected chi connectivity index (χ2v) is 8.85. The molecule has 0 unspecified atom stereocenters. The Morgan fingerprint density at radius 1 is 1.16 bits per heavy atom. The van der Waals surface area contributed by atoms with Gasteiger partial charge in [0.15, 0.2) is 11.6 Å². The fraction of sp³-hybridized carbons (Fsp3) is 0.435. The highest BCUT2D eigenvalue weighted by Crippen LogP contribution is 2.23. The highest BCUT2D eigenvalue weighted by Gasteiger charge is 2.27. The zero-order chi connectivity index (χ0) is 21.8. The summed E-state index contributed by atoms with van der Waals surface area (Å²) in [7, 11) is 0. The summed E-state index contributed by atoms with van der Waals surface area (Å²) in [6, 6.07) is 11.2. The van der Waals surface area contributed by atoms with Gasteiger partial charge in [-0.05, 0) is 42.2 Å². The zero-order valence-corrected chi connectivity index (χ0v) is 18.7. The molecule has 0 saturated carbocycles. The van der Waals surface area contributed by atoms with Crippen molar-refractivity contribution in [1.82, 2.24) is 25.0 Å². The monoisotopic (exact) mass is 441 g/mol. The Hall–Kier alpha value is -2.64. The maximum atomic E-state index is 12.6. The van der Waals surface area contributed by atoms with Crippen molar-refractivity contribution in [3.05, 3.63) is 70.7 Å². The highest BCUT2D eigenvalue weighted by atomic mass is 35.5. The van der Waals surface area contributed by atoms with Gasteiger partial charge in [-0.2, -0.15) is 0 Å². The lowest BCUT2D eigenvalue weighted by molar-refractivity contribution is 0.0900. The minimum atomic E-state index is -0.231. The van der Waals surface area contributed by atoms with Crippen molar-refractivity contribution < 1.29 is 9.21 Å². The number of amides is 1. The van der Waals surface area contributed by atoms with Crippen LogP contribution < -0.4 is 5.32 Å². The minimum absolute atomic E-state index is 0.221. The van der Waals surface area contributed by atoms with E-state index in [9.17, 15) is 4.79 Å². The van der Waals surface area contributed by atoms with Gasteiger partial charge in [-0.25, -0.2) is 0 Å². The number of aromatic nitrogens is 3. The summed E-state index contributed by atoms with van der Waals surface area (Å²) in [6.45, 7) is 7.74. The van der Waals surface area contributed by atoms with Crippen molar-refractivity contribution >= 4 is 17.5 Å². The van der Waals surface area contributed by atoms with Crippen LogP contribution in [0.5, 0.6) is 0 Å². The molecule has 1 atom stereocenters.